The Morgan fingerprint density at radius 3 is 2.60 bits per heavy atom. The maximum Gasteiger partial charge on any atom is 0.344 e. The lowest BCUT2D eigenvalue weighted by Gasteiger charge is -2.28. The summed E-state index contributed by atoms with van der Waals surface area (Å²) in [5.74, 6) is -1.43. The molecule has 2 aromatic carbocycles. The second kappa shape index (κ2) is 8.22. The summed E-state index contributed by atoms with van der Waals surface area (Å²) >= 11 is 6.03. The number of nitrogens with two attached hydrogens (primary N) is 1. The molecule has 3 aromatic rings. The molecular weight excluding hydrogens is 410 g/mol. The molecule has 0 amide bonds. The Bertz CT molecular complexity index is 1200. The summed E-state index contributed by atoms with van der Waals surface area (Å²) in [5.41, 5.74) is 6.70. The number of hydrogen-bond acceptors (Lipinski definition) is 7. The molecule has 8 heteroatoms. The van der Waals surface area contributed by atoms with Crippen molar-refractivity contribution in [1.29, 1.82) is 0 Å². The highest BCUT2D eigenvalue weighted by atomic mass is 35.5. The molecule has 0 bridgehead atoms. The predicted molar refractivity (Wildman–Crippen MR) is 110 cm³/mol. The minimum Gasteiger partial charge on any atom is -0.460 e. The molecule has 0 aliphatic carbocycles. The molecule has 154 valence electrons. The van der Waals surface area contributed by atoms with Crippen LogP contribution < -0.4 is 16.1 Å². The van der Waals surface area contributed by atoms with E-state index in [1.54, 1.807) is 48.5 Å². The van der Waals surface area contributed by atoms with Gasteiger partial charge in [-0.05, 0) is 29.8 Å². The van der Waals surface area contributed by atoms with Crippen LogP contribution in [0.15, 0.2) is 69.2 Å². The molecule has 1 atom stereocenters. The summed E-state index contributed by atoms with van der Waals surface area (Å²) in [5, 5.41) is 1.08. The Morgan fingerprint density at radius 1 is 1.13 bits per heavy atom. The summed E-state index contributed by atoms with van der Waals surface area (Å²) < 4.78 is 21.5. The van der Waals surface area contributed by atoms with E-state index < -0.39 is 17.5 Å². The molecule has 1 aliphatic rings. The number of hydrogen-bond donors (Lipinski definition) is 1. The van der Waals surface area contributed by atoms with E-state index in [0.717, 1.165) is 0 Å². The predicted octanol–water partition coefficient (Wildman–Crippen LogP) is 3.33. The fourth-order valence-electron chi connectivity index (χ4n) is 3.45. The average molecular weight is 428 g/mol. The quantitative estimate of drug-likeness (QED) is 0.378. The van der Waals surface area contributed by atoms with Crippen molar-refractivity contribution in [3.8, 4) is 5.75 Å². The molecule has 1 aliphatic heterocycles. The van der Waals surface area contributed by atoms with Crippen molar-refractivity contribution in [3.05, 3.63) is 86.6 Å². The van der Waals surface area contributed by atoms with Crippen LogP contribution in [0.25, 0.3) is 11.0 Å². The van der Waals surface area contributed by atoms with Crippen LogP contribution in [0, 0.1) is 0 Å². The first-order valence-corrected chi connectivity index (χ1v) is 9.53. The molecule has 1 unspecified atom stereocenters. The Balaban J connectivity index is 1.93. The molecule has 30 heavy (non-hydrogen) atoms. The lowest BCUT2D eigenvalue weighted by Crippen LogP contribution is -2.31. The SMILES string of the molecule is COCCOC(=O)C1=C(N)Oc2c(c(=O)oc3ccccc23)C1c1ccc(Cl)cc1. The van der Waals surface area contributed by atoms with E-state index >= 15 is 0 Å². The van der Waals surface area contributed by atoms with Gasteiger partial charge in [-0.3, -0.25) is 0 Å². The van der Waals surface area contributed by atoms with E-state index in [1.807, 2.05) is 0 Å². The van der Waals surface area contributed by atoms with Gasteiger partial charge in [-0.15, -0.1) is 0 Å². The van der Waals surface area contributed by atoms with Gasteiger partial charge in [0.05, 0.1) is 23.5 Å². The van der Waals surface area contributed by atoms with Gasteiger partial charge in [0.25, 0.3) is 0 Å². The summed E-state index contributed by atoms with van der Waals surface area (Å²) in [4.78, 5) is 25.8. The largest absolute Gasteiger partial charge is 0.460 e. The maximum atomic E-state index is 13.0. The third-order valence-corrected chi connectivity index (χ3v) is 5.05. The summed E-state index contributed by atoms with van der Waals surface area (Å²) in [6.45, 7) is 0.243. The van der Waals surface area contributed by atoms with E-state index in [9.17, 15) is 9.59 Å². The second-order valence-electron chi connectivity index (χ2n) is 6.62. The number of fused-ring (bicyclic) bond motifs is 3. The van der Waals surface area contributed by atoms with Crippen molar-refractivity contribution in [1.82, 2.24) is 0 Å². The minimum atomic E-state index is -0.845. The number of esters is 1. The van der Waals surface area contributed by atoms with Crippen LogP contribution >= 0.6 is 11.6 Å². The zero-order valence-electron chi connectivity index (χ0n) is 16.0. The van der Waals surface area contributed by atoms with Crippen molar-refractivity contribution >= 4 is 28.5 Å². The highest BCUT2D eigenvalue weighted by Gasteiger charge is 2.39. The first-order chi connectivity index (χ1) is 14.5. The number of carbonyl (C=O) groups excluding carboxylic acids is 1. The number of carbonyl (C=O) groups is 1. The van der Waals surface area contributed by atoms with Crippen LogP contribution in [0.4, 0.5) is 0 Å². The normalized spacial score (nSPS) is 15.6. The number of halogens is 1. The van der Waals surface area contributed by atoms with Gasteiger partial charge in [-0.1, -0.05) is 35.9 Å². The van der Waals surface area contributed by atoms with Crippen molar-refractivity contribution in [3.63, 3.8) is 0 Å². The number of benzene rings is 2. The lowest BCUT2D eigenvalue weighted by molar-refractivity contribution is -0.140. The van der Waals surface area contributed by atoms with Crippen LogP contribution in [0.5, 0.6) is 5.75 Å². The fraction of sp³-hybridized carbons (Fsp3) is 0.182. The third-order valence-electron chi connectivity index (χ3n) is 4.80. The number of para-hydroxylation sites is 1. The van der Waals surface area contributed by atoms with Gasteiger partial charge in [0, 0.05) is 12.1 Å². The van der Waals surface area contributed by atoms with E-state index in [0.29, 0.717) is 21.6 Å². The smallest absolute Gasteiger partial charge is 0.344 e. The number of ether oxygens (including phenoxy) is 3. The van der Waals surface area contributed by atoms with Crippen molar-refractivity contribution in [2.24, 2.45) is 5.73 Å². The van der Waals surface area contributed by atoms with E-state index in [4.69, 9.17) is 36.0 Å². The number of rotatable bonds is 5. The Labute approximate surface area is 176 Å². The van der Waals surface area contributed by atoms with E-state index in [1.165, 1.54) is 7.11 Å². The molecule has 1 aromatic heterocycles. The van der Waals surface area contributed by atoms with Gasteiger partial charge in [0.1, 0.15) is 17.8 Å². The van der Waals surface area contributed by atoms with Gasteiger partial charge < -0.3 is 24.4 Å². The summed E-state index contributed by atoms with van der Waals surface area (Å²) in [6.07, 6.45) is 0. The summed E-state index contributed by atoms with van der Waals surface area (Å²) in [7, 11) is 1.49. The van der Waals surface area contributed by atoms with Gasteiger partial charge >= 0.3 is 11.6 Å². The molecule has 0 fully saturated rings. The van der Waals surface area contributed by atoms with Gasteiger partial charge in [0.15, 0.2) is 5.75 Å². The third kappa shape index (κ3) is 3.53. The van der Waals surface area contributed by atoms with Crippen LogP contribution in [0.1, 0.15) is 17.0 Å². The first-order valence-electron chi connectivity index (χ1n) is 9.16. The molecular formula is C22H18ClNO6. The topological polar surface area (TPSA) is 101 Å². The van der Waals surface area contributed by atoms with Crippen LogP contribution in [-0.4, -0.2) is 26.3 Å². The Kier molecular flexibility index (Phi) is 5.48. The maximum absolute atomic E-state index is 13.0. The van der Waals surface area contributed by atoms with Gasteiger partial charge in [-0.2, -0.15) is 0 Å². The summed E-state index contributed by atoms with van der Waals surface area (Å²) in [6, 6.07) is 13.7. The molecule has 0 spiro atoms. The average Bonchev–Trinajstić information content (AvgIpc) is 2.73. The molecule has 2 heterocycles. The molecule has 2 N–H and O–H groups in total. The first kappa shape index (κ1) is 20.0. The Hall–Kier alpha value is -3.29. The molecule has 0 saturated carbocycles. The van der Waals surface area contributed by atoms with Crippen molar-refractivity contribution < 1.29 is 23.4 Å². The highest BCUT2D eigenvalue weighted by molar-refractivity contribution is 6.30. The van der Waals surface area contributed by atoms with Crippen LogP contribution in [0.2, 0.25) is 5.02 Å². The lowest BCUT2D eigenvalue weighted by atomic mass is 9.83. The van der Waals surface area contributed by atoms with Crippen LogP contribution in [0.3, 0.4) is 0 Å². The van der Waals surface area contributed by atoms with Crippen molar-refractivity contribution in [2.45, 2.75) is 5.92 Å². The van der Waals surface area contributed by atoms with Crippen LogP contribution in [-0.2, 0) is 14.3 Å². The van der Waals surface area contributed by atoms with Gasteiger partial charge in [-0.25, -0.2) is 9.59 Å². The molecule has 0 radical (unpaired) electrons. The fourth-order valence-corrected chi connectivity index (χ4v) is 3.57. The minimum absolute atomic E-state index is 0.0171. The monoisotopic (exact) mass is 427 g/mol. The highest BCUT2D eigenvalue weighted by Crippen LogP contribution is 2.44. The number of methoxy groups -OCH3 is 1. The molecule has 0 saturated heterocycles. The van der Waals surface area contributed by atoms with Crippen molar-refractivity contribution in [2.75, 3.05) is 20.3 Å². The standard InChI is InChI=1S/C22H18ClNO6/c1-27-10-11-28-21(25)18-16(12-6-8-13(23)9-7-12)17-19(30-20(18)24)14-4-2-3-5-15(14)29-22(17)26/h2-9,16H,10-11,24H2,1H3. The second-order valence-corrected chi connectivity index (χ2v) is 7.06. The zero-order chi connectivity index (χ0) is 21.3. The van der Waals surface area contributed by atoms with E-state index in [-0.39, 0.29) is 36.0 Å². The Morgan fingerprint density at radius 2 is 1.87 bits per heavy atom. The molecule has 7 nitrogen and oxygen atoms in total. The van der Waals surface area contributed by atoms with Gasteiger partial charge in [0.2, 0.25) is 5.88 Å². The van der Waals surface area contributed by atoms with E-state index in [2.05, 4.69) is 0 Å². The zero-order valence-corrected chi connectivity index (χ0v) is 16.8. The molecule has 4 rings (SSSR count).